The largest absolute Gasteiger partial charge is 0.352 e. The number of unbranched alkanes of at least 4 members (excludes halogenated alkanes) is 2. The van der Waals surface area contributed by atoms with Gasteiger partial charge in [-0.3, -0.25) is 14.2 Å². The summed E-state index contributed by atoms with van der Waals surface area (Å²) in [5.41, 5.74) is 0.469. The van der Waals surface area contributed by atoms with Crippen LogP contribution in [0.15, 0.2) is 35.4 Å². The number of carbonyl (C=O) groups excluding carboxylic acids is 1. The molecule has 0 aliphatic rings. The number of nitrogens with zero attached hydrogens (tertiary/aromatic N) is 2. The van der Waals surface area contributed by atoms with Gasteiger partial charge >= 0.3 is 0 Å². The fourth-order valence-electron chi connectivity index (χ4n) is 2.47. The van der Waals surface area contributed by atoms with E-state index < -0.39 is 0 Å². The molecule has 2 aromatic rings. The zero-order chi connectivity index (χ0) is 15.9. The van der Waals surface area contributed by atoms with E-state index in [4.69, 9.17) is 0 Å². The molecule has 5 nitrogen and oxygen atoms in total. The van der Waals surface area contributed by atoms with Crippen molar-refractivity contribution in [3.8, 4) is 0 Å². The van der Waals surface area contributed by atoms with Gasteiger partial charge in [0.15, 0.2) is 0 Å². The highest BCUT2D eigenvalue weighted by Crippen LogP contribution is 2.05. The van der Waals surface area contributed by atoms with Crippen molar-refractivity contribution in [3.05, 3.63) is 40.9 Å². The van der Waals surface area contributed by atoms with Gasteiger partial charge in [-0.1, -0.05) is 38.3 Å². The van der Waals surface area contributed by atoms with Crippen molar-refractivity contribution in [1.82, 2.24) is 14.9 Å². The number of hydrogen-bond donors (Lipinski definition) is 1. The molecule has 0 radical (unpaired) electrons. The molecule has 118 valence electrons. The van der Waals surface area contributed by atoms with E-state index in [0.29, 0.717) is 10.9 Å². The zero-order valence-corrected chi connectivity index (χ0v) is 13.2. The van der Waals surface area contributed by atoms with Crippen LogP contribution in [0.2, 0.25) is 0 Å². The van der Waals surface area contributed by atoms with E-state index in [1.54, 1.807) is 18.2 Å². The summed E-state index contributed by atoms with van der Waals surface area (Å²) >= 11 is 0. The van der Waals surface area contributed by atoms with Gasteiger partial charge in [-0.2, -0.15) is 0 Å². The Morgan fingerprint density at radius 2 is 2.09 bits per heavy atom. The van der Waals surface area contributed by atoms with E-state index in [0.717, 1.165) is 12.8 Å². The first-order valence-electron chi connectivity index (χ1n) is 7.85. The Balaban J connectivity index is 2.00. The first kappa shape index (κ1) is 16.2. The minimum absolute atomic E-state index is 0.00872. The third-order valence-electron chi connectivity index (χ3n) is 3.69. The predicted molar refractivity (Wildman–Crippen MR) is 87.7 cm³/mol. The summed E-state index contributed by atoms with van der Waals surface area (Å²) in [6.45, 7) is 4.16. The molecular formula is C17H23N3O2. The molecule has 1 amide bonds. The molecule has 1 aromatic heterocycles. The van der Waals surface area contributed by atoms with Crippen molar-refractivity contribution < 1.29 is 4.79 Å². The SMILES string of the molecule is CCCCC[C@@H](C)NC(=O)Cn1cnc2ccccc2c1=O. The third-order valence-corrected chi connectivity index (χ3v) is 3.69. The van der Waals surface area contributed by atoms with Crippen LogP contribution in [0.25, 0.3) is 10.9 Å². The number of rotatable bonds is 7. The smallest absolute Gasteiger partial charge is 0.261 e. The fourth-order valence-corrected chi connectivity index (χ4v) is 2.47. The standard InChI is InChI=1S/C17H23N3O2/c1-3-4-5-8-13(2)19-16(21)11-20-12-18-15-10-7-6-9-14(15)17(20)22/h6-7,9-10,12-13H,3-5,8,11H2,1-2H3,(H,19,21)/t13-/m1/s1. The second-order valence-electron chi connectivity index (χ2n) is 5.66. The van der Waals surface area contributed by atoms with E-state index in [9.17, 15) is 9.59 Å². The van der Waals surface area contributed by atoms with Gasteiger partial charge in [0.2, 0.25) is 5.91 Å². The van der Waals surface area contributed by atoms with Crippen LogP contribution in [-0.4, -0.2) is 21.5 Å². The van der Waals surface area contributed by atoms with Gasteiger partial charge in [0.05, 0.1) is 17.2 Å². The maximum absolute atomic E-state index is 12.3. The molecule has 0 bridgehead atoms. The third kappa shape index (κ3) is 4.16. The lowest BCUT2D eigenvalue weighted by Gasteiger charge is -2.14. The Morgan fingerprint density at radius 1 is 1.32 bits per heavy atom. The van der Waals surface area contributed by atoms with E-state index in [2.05, 4.69) is 17.2 Å². The average Bonchev–Trinajstić information content (AvgIpc) is 2.50. The Kier molecular flexibility index (Phi) is 5.69. The molecule has 2 rings (SSSR count). The Morgan fingerprint density at radius 3 is 2.86 bits per heavy atom. The summed E-state index contributed by atoms with van der Waals surface area (Å²) in [5.74, 6) is -0.150. The highest BCUT2D eigenvalue weighted by atomic mass is 16.2. The van der Waals surface area contributed by atoms with Crippen LogP contribution in [0.1, 0.15) is 39.5 Å². The molecule has 0 unspecified atom stereocenters. The van der Waals surface area contributed by atoms with Crippen molar-refractivity contribution in [2.24, 2.45) is 0 Å². The minimum atomic E-state index is -0.181. The van der Waals surface area contributed by atoms with Crippen LogP contribution in [0.5, 0.6) is 0 Å². The molecule has 0 aliphatic heterocycles. The van der Waals surface area contributed by atoms with Gasteiger partial charge in [0, 0.05) is 6.04 Å². The van der Waals surface area contributed by atoms with Crippen molar-refractivity contribution >= 4 is 16.8 Å². The Bertz CT molecular complexity index is 694. The second kappa shape index (κ2) is 7.73. The summed E-state index contributed by atoms with van der Waals surface area (Å²) in [7, 11) is 0. The average molecular weight is 301 g/mol. The molecule has 5 heteroatoms. The number of para-hydroxylation sites is 1. The number of hydrogen-bond acceptors (Lipinski definition) is 3. The van der Waals surface area contributed by atoms with Gasteiger partial charge in [-0.25, -0.2) is 4.98 Å². The maximum atomic E-state index is 12.3. The highest BCUT2D eigenvalue weighted by Gasteiger charge is 2.10. The molecular weight excluding hydrogens is 278 g/mol. The normalized spacial score (nSPS) is 12.3. The van der Waals surface area contributed by atoms with E-state index in [-0.39, 0.29) is 24.1 Å². The van der Waals surface area contributed by atoms with Crippen LogP contribution < -0.4 is 10.9 Å². The number of aromatic nitrogens is 2. The molecule has 0 aliphatic carbocycles. The van der Waals surface area contributed by atoms with E-state index in [1.807, 2.05) is 13.0 Å². The van der Waals surface area contributed by atoms with Crippen molar-refractivity contribution in [2.75, 3.05) is 0 Å². The summed E-state index contributed by atoms with van der Waals surface area (Å²) in [6, 6.07) is 7.28. The quantitative estimate of drug-likeness (QED) is 0.799. The lowest BCUT2D eigenvalue weighted by molar-refractivity contribution is -0.122. The zero-order valence-electron chi connectivity index (χ0n) is 13.2. The molecule has 1 aromatic carbocycles. The lowest BCUT2D eigenvalue weighted by Crippen LogP contribution is -2.37. The molecule has 1 heterocycles. The summed E-state index contributed by atoms with van der Waals surface area (Å²) < 4.78 is 1.36. The van der Waals surface area contributed by atoms with Gasteiger partial charge in [0.1, 0.15) is 6.54 Å². The monoisotopic (exact) mass is 301 g/mol. The Hall–Kier alpha value is -2.17. The Labute approximate surface area is 130 Å². The highest BCUT2D eigenvalue weighted by molar-refractivity contribution is 5.78. The van der Waals surface area contributed by atoms with E-state index >= 15 is 0 Å². The topological polar surface area (TPSA) is 64.0 Å². The fraction of sp³-hybridized carbons (Fsp3) is 0.471. The molecule has 1 atom stereocenters. The lowest BCUT2D eigenvalue weighted by atomic mass is 10.1. The number of carbonyl (C=O) groups is 1. The van der Waals surface area contributed by atoms with Crippen molar-refractivity contribution in [2.45, 2.75) is 52.1 Å². The van der Waals surface area contributed by atoms with Crippen LogP contribution in [-0.2, 0) is 11.3 Å². The number of benzene rings is 1. The van der Waals surface area contributed by atoms with Crippen molar-refractivity contribution in [1.29, 1.82) is 0 Å². The van der Waals surface area contributed by atoms with Crippen LogP contribution in [0.4, 0.5) is 0 Å². The number of fused-ring (bicyclic) bond motifs is 1. The van der Waals surface area contributed by atoms with Crippen molar-refractivity contribution in [3.63, 3.8) is 0 Å². The molecule has 0 spiro atoms. The minimum Gasteiger partial charge on any atom is -0.352 e. The van der Waals surface area contributed by atoms with E-state index in [1.165, 1.54) is 23.7 Å². The second-order valence-corrected chi connectivity index (χ2v) is 5.66. The van der Waals surface area contributed by atoms with Gasteiger partial charge in [0.25, 0.3) is 5.56 Å². The molecule has 1 N–H and O–H groups in total. The molecule has 22 heavy (non-hydrogen) atoms. The van der Waals surface area contributed by atoms with Crippen LogP contribution in [0, 0.1) is 0 Å². The van der Waals surface area contributed by atoms with Gasteiger partial charge in [-0.05, 0) is 25.5 Å². The first-order valence-corrected chi connectivity index (χ1v) is 7.85. The van der Waals surface area contributed by atoms with Crippen LogP contribution in [0.3, 0.4) is 0 Å². The number of amides is 1. The predicted octanol–water partition coefficient (Wildman–Crippen LogP) is 2.48. The first-order chi connectivity index (χ1) is 10.6. The van der Waals surface area contributed by atoms with Crippen LogP contribution >= 0.6 is 0 Å². The van der Waals surface area contributed by atoms with Gasteiger partial charge in [-0.15, -0.1) is 0 Å². The van der Waals surface area contributed by atoms with Gasteiger partial charge < -0.3 is 5.32 Å². The molecule has 0 fully saturated rings. The molecule has 0 saturated carbocycles. The summed E-state index contributed by atoms with van der Waals surface area (Å²) in [5, 5.41) is 3.47. The summed E-state index contributed by atoms with van der Waals surface area (Å²) in [6.07, 6.45) is 5.85. The summed E-state index contributed by atoms with van der Waals surface area (Å²) in [4.78, 5) is 28.6. The maximum Gasteiger partial charge on any atom is 0.261 e. The molecule has 0 saturated heterocycles. The number of nitrogens with one attached hydrogen (secondary N) is 1.